The fourth-order valence-electron chi connectivity index (χ4n) is 5.55. The number of alkyl halides is 2. The maximum Gasteiger partial charge on any atom is 0.333 e. The predicted molar refractivity (Wildman–Crippen MR) is 156 cm³/mol. The number of carbonyl (C=O) groups is 1. The summed E-state index contributed by atoms with van der Waals surface area (Å²) in [5, 5.41) is 21.6. The highest BCUT2D eigenvalue weighted by atomic mass is 35.5. The lowest BCUT2D eigenvalue weighted by Gasteiger charge is -2.22. The zero-order valence-electron chi connectivity index (χ0n) is 23.0. The number of benzene rings is 1. The number of hydrogen-bond acceptors (Lipinski definition) is 7. The first-order chi connectivity index (χ1) is 20.7. The molecule has 5 heterocycles. The van der Waals surface area contributed by atoms with Gasteiger partial charge in [-0.1, -0.05) is 24.9 Å². The quantitative estimate of drug-likeness (QED) is 0.290. The van der Waals surface area contributed by atoms with Crippen LogP contribution in [0.2, 0.25) is 5.02 Å². The van der Waals surface area contributed by atoms with Crippen molar-refractivity contribution in [2.75, 3.05) is 11.9 Å². The molecule has 1 aliphatic heterocycles. The number of aliphatic hydroxyl groups is 1. The zero-order chi connectivity index (χ0) is 30.2. The minimum absolute atomic E-state index is 0.0452. The van der Waals surface area contributed by atoms with Gasteiger partial charge in [0, 0.05) is 39.7 Å². The molecule has 222 valence electrons. The Hall–Kier alpha value is -4.49. The first-order valence-electron chi connectivity index (χ1n) is 13.7. The molecule has 2 unspecified atom stereocenters. The van der Waals surface area contributed by atoms with Crippen molar-refractivity contribution in [3.05, 3.63) is 76.3 Å². The Morgan fingerprint density at radius 2 is 1.95 bits per heavy atom. The molecule has 43 heavy (non-hydrogen) atoms. The predicted octanol–water partition coefficient (Wildman–Crippen LogP) is 4.91. The fourth-order valence-corrected chi connectivity index (χ4v) is 5.78. The largest absolute Gasteiger partial charge is 0.394 e. The lowest BCUT2D eigenvalue weighted by Crippen LogP contribution is -2.27. The molecule has 1 aliphatic rings. The molecule has 2 atom stereocenters. The Balaban J connectivity index is 1.46. The lowest BCUT2D eigenvalue weighted by molar-refractivity contribution is -0.119. The van der Waals surface area contributed by atoms with Crippen LogP contribution >= 0.6 is 11.6 Å². The van der Waals surface area contributed by atoms with E-state index < -0.39 is 18.5 Å². The summed E-state index contributed by atoms with van der Waals surface area (Å²) in [7, 11) is 0. The van der Waals surface area contributed by atoms with Gasteiger partial charge in [-0.3, -0.25) is 23.8 Å². The SMILES string of the molecule is CC1CCCC(n2cnc(-c3cc(Cl)cc4cnn(CCO)c34)cc2=O)c2cc(ccn2)-c2c(cnn2C(F)F)NC1=O. The van der Waals surface area contributed by atoms with Gasteiger partial charge in [-0.05, 0) is 37.1 Å². The highest BCUT2D eigenvalue weighted by Gasteiger charge is 2.26. The minimum atomic E-state index is -2.94. The van der Waals surface area contributed by atoms with Crippen LogP contribution in [-0.2, 0) is 11.3 Å². The second kappa shape index (κ2) is 11.7. The second-order valence-electron chi connectivity index (χ2n) is 10.4. The Labute approximate surface area is 248 Å². The van der Waals surface area contributed by atoms with Gasteiger partial charge in [0.25, 0.3) is 5.56 Å². The molecule has 0 radical (unpaired) electrons. The number of amides is 1. The highest BCUT2D eigenvalue weighted by Crippen LogP contribution is 2.35. The average molecular weight is 609 g/mol. The number of fused-ring (bicyclic) bond motifs is 5. The van der Waals surface area contributed by atoms with E-state index in [2.05, 4.69) is 25.5 Å². The van der Waals surface area contributed by atoms with E-state index in [0.29, 0.717) is 57.0 Å². The van der Waals surface area contributed by atoms with Crippen molar-refractivity contribution in [1.82, 2.24) is 34.1 Å². The molecule has 1 aromatic carbocycles. The molecule has 0 fully saturated rings. The van der Waals surface area contributed by atoms with Crippen LogP contribution in [0, 0.1) is 5.92 Å². The van der Waals surface area contributed by atoms with Gasteiger partial charge in [0.15, 0.2) is 0 Å². The summed E-state index contributed by atoms with van der Waals surface area (Å²) >= 11 is 6.37. The van der Waals surface area contributed by atoms with E-state index in [-0.39, 0.29) is 36.0 Å². The maximum absolute atomic E-state index is 13.9. The smallest absolute Gasteiger partial charge is 0.333 e. The minimum Gasteiger partial charge on any atom is -0.394 e. The van der Waals surface area contributed by atoms with Crippen LogP contribution in [0.4, 0.5) is 14.5 Å². The lowest BCUT2D eigenvalue weighted by atomic mass is 9.97. The molecule has 0 saturated carbocycles. The van der Waals surface area contributed by atoms with Crippen molar-refractivity contribution >= 4 is 34.1 Å². The molecule has 14 heteroatoms. The van der Waals surface area contributed by atoms with Crippen molar-refractivity contribution in [2.45, 2.75) is 45.3 Å². The fraction of sp³-hybridized carbons (Fsp3) is 0.310. The molecule has 5 aromatic rings. The molecule has 0 aliphatic carbocycles. The summed E-state index contributed by atoms with van der Waals surface area (Å²) in [5.74, 6) is -0.724. The third kappa shape index (κ3) is 5.41. The third-order valence-corrected chi connectivity index (χ3v) is 7.87. The van der Waals surface area contributed by atoms with Gasteiger partial charge in [-0.15, -0.1) is 0 Å². The second-order valence-corrected chi connectivity index (χ2v) is 10.9. The number of aromatic nitrogens is 7. The number of pyridine rings is 1. The van der Waals surface area contributed by atoms with Crippen molar-refractivity contribution < 1.29 is 18.7 Å². The van der Waals surface area contributed by atoms with E-state index in [0.717, 1.165) is 5.39 Å². The number of rotatable bonds is 5. The number of hydrogen-bond donors (Lipinski definition) is 2. The molecule has 0 spiro atoms. The van der Waals surface area contributed by atoms with Gasteiger partial charge in [0.05, 0.1) is 66.2 Å². The Bertz CT molecular complexity index is 1890. The van der Waals surface area contributed by atoms with Crippen LogP contribution in [0.15, 0.2) is 60.0 Å². The van der Waals surface area contributed by atoms with Gasteiger partial charge >= 0.3 is 6.55 Å². The number of nitrogens with zero attached hydrogens (tertiary/aromatic N) is 7. The van der Waals surface area contributed by atoms with Crippen molar-refractivity contribution in [2.24, 2.45) is 5.92 Å². The molecule has 2 bridgehead atoms. The van der Waals surface area contributed by atoms with Crippen molar-refractivity contribution in [1.29, 1.82) is 0 Å². The molecule has 11 nitrogen and oxygen atoms in total. The zero-order valence-corrected chi connectivity index (χ0v) is 23.7. The maximum atomic E-state index is 13.9. The topological polar surface area (TPSA) is 133 Å². The number of halogens is 3. The standard InChI is InChI=1S/C29H27ClF2N8O3/c1-16-3-2-4-24(22-10-17(5-6-33-22)27-23(37-28(16)43)14-36-40(27)29(31)32)38-15-34-21(12-25(38)42)20-11-19(30)9-18-13-35-39(7-8-41)26(18)20/h5-6,9-16,24,29,41H,2-4,7-8H2,1H3,(H,37,43). The Morgan fingerprint density at radius 1 is 1.12 bits per heavy atom. The average Bonchev–Trinajstić information content (AvgIpc) is 3.59. The van der Waals surface area contributed by atoms with Crippen LogP contribution in [0.3, 0.4) is 0 Å². The van der Waals surface area contributed by atoms with Crippen LogP contribution < -0.4 is 10.9 Å². The van der Waals surface area contributed by atoms with Gasteiger partial charge in [0.2, 0.25) is 5.91 Å². The summed E-state index contributed by atoms with van der Waals surface area (Å²) in [4.78, 5) is 35.7. The summed E-state index contributed by atoms with van der Waals surface area (Å²) in [5.41, 5.74) is 2.34. The van der Waals surface area contributed by atoms with Gasteiger partial charge in [-0.2, -0.15) is 19.0 Å². The van der Waals surface area contributed by atoms with E-state index in [1.165, 1.54) is 29.4 Å². The van der Waals surface area contributed by atoms with E-state index in [1.54, 1.807) is 42.1 Å². The van der Waals surface area contributed by atoms with E-state index in [4.69, 9.17) is 11.6 Å². The number of nitrogens with one attached hydrogen (secondary N) is 1. The Morgan fingerprint density at radius 3 is 2.72 bits per heavy atom. The molecule has 0 saturated heterocycles. The summed E-state index contributed by atoms with van der Waals surface area (Å²) in [6.07, 6.45) is 7.29. The van der Waals surface area contributed by atoms with Crippen LogP contribution in [0.5, 0.6) is 0 Å². The van der Waals surface area contributed by atoms with Crippen LogP contribution in [0.1, 0.15) is 44.5 Å². The van der Waals surface area contributed by atoms with Crippen molar-refractivity contribution in [3.63, 3.8) is 0 Å². The van der Waals surface area contributed by atoms with Crippen LogP contribution in [0.25, 0.3) is 33.4 Å². The molecular formula is C29H27ClF2N8O3. The number of carbonyl (C=O) groups excluding carboxylic acids is 1. The number of anilines is 1. The first kappa shape index (κ1) is 28.6. The summed E-state index contributed by atoms with van der Waals surface area (Å²) in [6, 6.07) is 7.46. The normalized spacial score (nSPS) is 17.4. The monoisotopic (exact) mass is 608 g/mol. The molecule has 1 amide bonds. The molecule has 6 rings (SSSR count). The van der Waals surface area contributed by atoms with Crippen molar-refractivity contribution in [3.8, 4) is 22.5 Å². The van der Waals surface area contributed by atoms with E-state index in [1.807, 2.05) is 0 Å². The van der Waals surface area contributed by atoms with Gasteiger partial charge < -0.3 is 10.4 Å². The van der Waals surface area contributed by atoms with E-state index >= 15 is 0 Å². The Kier molecular flexibility index (Phi) is 7.75. The van der Waals surface area contributed by atoms with E-state index in [9.17, 15) is 23.5 Å². The molecule has 2 N–H and O–H groups in total. The first-order valence-corrected chi connectivity index (χ1v) is 14.1. The highest BCUT2D eigenvalue weighted by molar-refractivity contribution is 6.31. The third-order valence-electron chi connectivity index (χ3n) is 7.65. The molecular weight excluding hydrogens is 582 g/mol. The summed E-state index contributed by atoms with van der Waals surface area (Å²) < 4.78 is 31.5. The summed E-state index contributed by atoms with van der Waals surface area (Å²) in [6.45, 7) is -1.05. The number of aliphatic hydroxyl groups excluding tert-OH is 1. The van der Waals surface area contributed by atoms with Gasteiger partial charge in [-0.25, -0.2) is 9.67 Å². The molecule has 4 aromatic heterocycles. The van der Waals surface area contributed by atoms with Crippen LogP contribution in [-0.4, -0.2) is 51.7 Å². The van der Waals surface area contributed by atoms with Gasteiger partial charge in [0.1, 0.15) is 0 Å².